The summed E-state index contributed by atoms with van der Waals surface area (Å²) in [5.41, 5.74) is 0.682. The van der Waals surface area contributed by atoms with E-state index < -0.39 is 0 Å². The van der Waals surface area contributed by atoms with Crippen LogP contribution < -0.4 is 0 Å². The number of hydrogen-bond acceptors (Lipinski definition) is 3. The standard InChI is InChI=1S/C13H16ClN3O/c1-13(2,9-18-3)17-11(15-16-12(17)14)10-7-5-4-6-8-10/h4-8H,9H2,1-3H3. The van der Waals surface area contributed by atoms with Crippen molar-refractivity contribution in [2.45, 2.75) is 19.4 Å². The van der Waals surface area contributed by atoms with Crippen molar-refractivity contribution in [2.24, 2.45) is 0 Å². The molecule has 2 aromatic rings. The topological polar surface area (TPSA) is 39.9 Å². The van der Waals surface area contributed by atoms with Gasteiger partial charge in [0, 0.05) is 12.7 Å². The highest BCUT2D eigenvalue weighted by Crippen LogP contribution is 2.28. The number of aromatic nitrogens is 3. The molecule has 18 heavy (non-hydrogen) atoms. The molecule has 0 bridgehead atoms. The van der Waals surface area contributed by atoms with Crippen LogP contribution in [0.5, 0.6) is 0 Å². The first-order valence-corrected chi connectivity index (χ1v) is 6.10. The van der Waals surface area contributed by atoms with Crippen molar-refractivity contribution in [3.05, 3.63) is 35.6 Å². The van der Waals surface area contributed by atoms with Crippen LogP contribution in [0, 0.1) is 0 Å². The van der Waals surface area contributed by atoms with E-state index in [4.69, 9.17) is 16.3 Å². The Kier molecular flexibility index (Phi) is 3.68. The van der Waals surface area contributed by atoms with Gasteiger partial charge in [0.1, 0.15) is 0 Å². The van der Waals surface area contributed by atoms with Gasteiger partial charge in [0.2, 0.25) is 5.28 Å². The highest BCUT2D eigenvalue weighted by molar-refractivity contribution is 6.28. The summed E-state index contributed by atoms with van der Waals surface area (Å²) in [7, 11) is 1.67. The lowest BCUT2D eigenvalue weighted by atomic mass is 10.1. The van der Waals surface area contributed by atoms with Crippen molar-refractivity contribution < 1.29 is 4.74 Å². The van der Waals surface area contributed by atoms with Crippen molar-refractivity contribution in [3.63, 3.8) is 0 Å². The van der Waals surface area contributed by atoms with Crippen LogP contribution in [-0.4, -0.2) is 28.5 Å². The second-order valence-electron chi connectivity index (χ2n) is 4.74. The average molecular weight is 266 g/mol. The summed E-state index contributed by atoms with van der Waals surface area (Å²) in [6.07, 6.45) is 0. The van der Waals surface area contributed by atoms with Crippen molar-refractivity contribution in [1.29, 1.82) is 0 Å². The highest BCUT2D eigenvalue weighted by atomic mass is 35.5. The first kappa shape index (κ1) is 13.1. The van der Waals surface area contributed by atoms with Crippen LogP contribution in [-0.2, 0) is 10.3 Å². The summed E-state index contributed by atoms with van der Waals surface area (Å²) in [6, 6.07) is 9.86. The highest BCUT2D eigenvalue weighted by Gasteiger charge is 2.27. The van der Waals surface area contributed by atoms with Gasteiger partial charge in [-0.1, -0.05) is 30.3 Å². The molecule has 0 aliphatic carbocycles. The fourth-order valence-corrected chi connectivity index (χ4v) is 2.34. The number of halogens is 1. The Morgan fingerprint density at radius 3 is 2.50 bits per heavy atom. The van der Waals surface area contributed by atoms with Crippen LogP contribution in [0.25, 0.3) is 11.4 Å². The van der Waals surface area contributed by atoms with Gasteiger partial charge in [0.15, 0.2) is 5.82 Å². The van der Waals surface area contributed by atoms with Crippen LogP contribution in [0.1, 0.15) is 13.8 Å². The van der Waals surface area contributed by atoms with E-state index in [1.54, 1.807) is 7.11 Å². The first-order valence-electron chi connectivity index (χ1n) is 5.72. The predicted octanol–water partition coefficient (Wildman–Crippen LogP) is 2.98. The molecule has 0 atom stereocenters. The molecule has 0 spiro atoms. The van der Waals surface area contributed by atoms with Crippen LogP contribution >= 0.6 is 11.6 Å². The maximum Gasteiger partial charge on any atom is 0.225 e. The van der Waals surface area contributed by atoms with E-state index in [-0.39, 0.29) is 5.54 Å². The van der Waals surface area contributed by atoms with E-state index in [1.165, 1.54) is 0 Å². The molecule has 1 heterocycles. The first-order chi connectivity index (χ1) is 8.56. The minimum absolute atomic E-state index is 0.305. The van der Waals surface area contributed by atoms with E-state index in [1.807, 2.05) is 48.7 Å². The fourth-order valence-electron chi connectivity index (χ4n) is 1.99. The van der Waals surface area contributed by atoms with Crippen LogP contribution in [0.15, 0.2) is 30.3 Å². The van der Waals surface area contributed by atoms with Gasteiger partial charge in [-0.05, 0) is 25.4 Å². The van der Waals surface area contributed by atoms with E-state index in [0.717, 1.165) is 11.4 Å². The third-order valence-electron chi connectivity index (χ3n) is 2.76. The Morgan fingerprint density at radius 1 is 1.22 bits per heavy atom. The Balaban J connectivity index is 2.52. The number of methoxy groups -OCH3 is 1. The van der Waals surface area contributed by atoms with Gasteiger partial charge >= 0.3 is 0 Å². The van der Waals surface area contributed by atoms with Gasteiger partial charge < -0.3 is 4.74 Å². The molecule has 0 fully saturated rings. The monoisotopic (exact) mass is 265 g/mol. The lowest BCUT2D eigenvalue weighted by molar-refractivity contribution is 0.110. The molecule has 1 aromatic carbocycles. The summed E-state index contributed by atoms with van der Waals surface area (Å²) < 4.78 is 7.14. The van der Waals surface area contributed by atoms with Gasteiger partial charge in [-0.3, -0.25) is 4.57 Å². The second-order valence-corrected chi connectivity index (χ2v) is 5.08. The number of rotatable bonds is 4. The van der Waals surface area contributed by atoms with E-state index in [9.17, 15) is 0 Å². The van der Waals surface area contributed by atoms with Crippen molar-refractivity contribution in [2.75, 3.05) is 13.7 Å². The van der Waals surface area contributed by atoms with Crippen molar-refractivity contribution in [1.82, 2.24) is 14.8 Å². The minimum Gasteiger partial charge on any atom is -0.382 e. The largest absolute Gasteiger partial charge is 0.382 e. The molecule has 0 saturated carbocycles. The number of ether oxygens (including phenoxy) is 1. The third-order valence-corrected chi connectivity index (χ3v) is 3.00. The Hall–Kier alpha value is -1.39. The number of benzene rings is 1. The maximum absolute atomic E-state index is 6.15. The maximum atomic E-state index is 6.15. The minimum atomic E-state index is -0.305. The van der Waals surface area contributed by atoms with E-state index >= 15 is 0 Å². The molecule has 0 radical (unpaired) electrons. The van der Waals surface area contributed by atoms with Gasteiger partial charge in [0.05, 0.1) is 12.1 Å². The quantitative estimate of drug-likeness (QED) is 0.853. The van der Waals surface area contributed by atoms with Gasteiger partial charge in [0.25, 0.3) is 0 Å². The van der Waals surface area contributed by atoms with E-state index in [2.05, 4.69) is 10.2 Å². The summed E-state index contributed by atoms with van der Waals surface area (Å²) in [5.74, 6) is 0.752. The summed E-state index contributed by atoms with van der Waals surface area (Å²) in [5, 5.41) is 8.50. The Morgan fingerprint density at radius 2 is 1.89 bits per heavy atom. The fraction of sp³-hybridized carbons (Fsp3) is 0.385. The predicted molar refractivity (Wildman–Crippen MR) is 71.7 cm³/mol. The van der Waals surface area contributed by atoms with Crippen molar-refractivity contribution >= 4 is 11.6 Å². The SMILES string of the molecule is COCC(C)(C)n1c(Cl)nnc1-c1ccccc1. The Bertz CT molecular complexity index is 522. The van der Waals surface area contributed by atoms with Crippen molar-refractivity contribution in [3.8, 4) is 11.4 Å². The molecule has 0 N–H and O–H groups in total. The van der Waals surface area contributed by atoms with Gasteiger partial charge in [-0.25, -0.2) is 0 Å². The molecule has 0 saturated heterocycles. The summed E-state index contributed by atoms with van der Waals surface area (Å²) >= 11 is 6.15. The molecule has 0 aliphatic rings. The molecular formula is C13H16ClN3O. The molecular weight excluding hydrogens is 250 g/mol. The summed E-state index contributed by atoms with van der Waals surface area (Å²) in [6.45, 7) is 4.61. The molecule has 2 rings (SSSR count). The normalized spacial score (nSPS) is 11.8. The lowest BCUT2D eigenvalue weighted by Crippen LogP contribution is -2.32. The molecule has 4 nitrogen and oxygen atoms in total. The van der Waals surface area contributed by atoms with Crippen LogP contribution in [0.3, 0.4) is 0 Å². The molecule has 96 valence electrons. The van der Waals surface area contributed by atoms with Crippen LogP contribution in [0.2, 0.25) is 5.28 Å². The lowest BCUT2D eigenvalue weighted by Gasteiger charge is -2.27. The smallest absolute Gasteiger partial charge is 0.225 e. The molecule has 0 aliphatic heterocycles. The average Bonchev–Trinajstić information content (AvgIpc) is 2.73. The number of nitrogens with zero attached hydrogens (tertiary/aromatic N) is 3. The van der Waals surface area contributed by atoms with E-state index in [0.29, 0.717) is 11.9 Å². The molecule has 0 unspecified atom stereocenters. The molecule has 0 amide bonds. The summed E-state index contributed by atoms with van der Waals surface area (Å²) in [4.78, 5) is 0. The van der Waals surface area contributed by atoms with Gasteiger partial charge in [-0.15, -0.1) is 10.2 Å². The zero-order chi connectivity index (χ0) is 13.2. The zero-order valence-corrected chi connectivity index (χ0v) is 11.5. The molecule has 5 heteroatoms. The number of hydrogen-bond donors (Lipinski definition) is 0. The van der Waals surface area contributed by atoms with Crippen LogP contribution in [0.4, 0.5) is 0 Å². The Labute approximate surface area is 112 Å². The zero-order valence-electron chi connectivity index (χ0n) is 10.7. The third kappa shape index (κ3) is 2.40. The molecule has 1 aromatic heterocycles. The second kappa shape index (κ2) is 5.08. The van der Waals surface area contributed by atoms with Gasteiger partial charge in [-0.2, -0.15) is 0 Å².